The maximum Gasteiger partial charge on any atom is 0.416 e. The molecule has 0 spiro atoms. The molecule has 0 aliphatic carbocycles. The minimum atomic E-state index is -4.59. The Hall–Kier alpha value is -2.46. The van der Waals surface area contributed by atoms with Crippen molar-refractivity contribution in [3.05, 3.63) is 54.0 Å². The van der Waals surface area contributed by atoms with Crippen LogP contribution in [0.3, 0.4) is 0 Å². The van der Waals surface area contributed by atoms with Crippen LogP contribution in [-0.2, 0) is 16.2 Å². The Balaban J connectivity index is 1.51. The summed E-state index contributed by atoms with van der Waals surface area (Å²) in [6.45, 7) is 0.432. The lowest BCUT2D eigenvalue weighted by Gasteiger charge is -2.30. The number of alkyl halides is 3. The molecule has 1 aliphatic heterocycles. The summed E-state index contributed by atoms with van der Waals surface area (Å²) in [6.07, 6.45) is -1.89. The zero-order chi connectivity index (χ0) is 19.9. The zero-order valence-corrected chi connectivity index (χ0v) is 15.5. The summed E-state index contributed by atoms with van der Waals surface area (Å²) < 4.78 is 65.5. The van der Waals surface area contributed by atoms with Crippen LogP contribution in [0.25, 0.3) is 11.2 Å². The van der Waals surface area contributed by atoms with Crippen LogP contribution in [0.2, 0.25) is 0 Å². The van der Waals surface area contributed by atoms with Crippen molar-refractivity contribution >= 4 is 21.2 Å². The Morgan fingerprint density at radius 2 is 1.86 bits per heavy atom. The maximum atomic E-state index is 12.9. The van der Waals surface area contributed by atoms with Crippen molar-refractivity contribution in [1.82, 2.24) is 19.3 Å². The lowest BCUT2D eigenvalue weighted by molar-refractivity contribution is -0.137. The Kier molecular flexibility index (Phi) is 4.62. The first-order valence-corrected chi connectivity index (χ1v) is 10.2. The fourth-order valence-electron chi connectivity index (χ4n) is 3.41. The molecule has 1 fully saturated rings. The van der Waals surface area contributed by atoms with Crippen molar-refractivity contribution in [2.75, 3.05) is 13.1 Å². The van der Waals surface area contributed by atoms with Crippen LogP contribution in [0, 0.1) is 0 Å². The largest absolute Gasteiger partial charge is 0.416 e. The number of halogens is 3. The van der Waals surface area contributed by atoms with Gasteiger partial charge in [-0.05, 0) is 43.2 Å². The van der Waals surface area contributed by atoms with Gasteiger partial charge >= 0.3 is 6.18 Å². The van der Waals surface area contributed by atoms with E-state index >= 15 is 0 Å². The zero-order valence-electron chi connectivity index (χ0n) is 14.6. The number of pyridine rings is 1. The average Bonchev–Trinajstić information content (AvgIpc) is 3.12. The number of hydrogen-bond acceptors (Lipinski definition) is 4. The molecule has 10 heteroatoms. The van der Waals surface area contributed by atoms with Crippen LogP contribution in [0.15, 0.2) is 47.5 Å². The van der Waals surface area contributed by atoms with Crippen molar-refractivity contribution in [2.45, 2.75) is 29.8 Å². The quantitative estimate of drug-likeness (QED) is 0.716. The Morgan fingerprint density at radius 3 is 2.54 bits per heavy atom. The summed E-state index contributed by atoms with van der Waals surface area (Å²) in [5.41, 5.74) is 0.450. The van der Waals surface area contributed by atoms with Crippen molar-refractivity contribution in [3.63, 3.8) is 0 Å². The monoisotopic (exact) mass is 410 g/mol. The number of benzene rings is 1. The second-order valence-electron chi connectivity index (χ2n) is 6.70. The van der Waals surface area contributed by atoms with E-state index in [4.69, 9.17) is 0 Å². The first kappa shape index (κ1) is 18.9. The summed E-state index contributed by atoms with van der Waals surface area (Å²) in [5.74, 6) is 0.798. The number of aromatic amines is 1. The van der Waals surface area contributed by atoms with Gasteiger partial charge in [-0.3, -0.25) is 0 Å². The maximum absolute atomic E-state index is 12.9. The molecule has 2 aromatic heterocycles. The number of hydrogen-bond donors (Lipinski definition) is 1. The topological polar surface area (TPSA) is 79.0 Å². The molecule has 1 N–H and O–H groups in total. The second kappa shape index (κ2) is 6.85. The van der Waals surface area contributed by atoms with E-state index < -0.39 is 21.8 Å². The Bertz CT molecular complexity index is 1070. The molecule has 0 unspecified atom stereocenters. The van der Waals surface area contributed by atoms with E-state index in [9.17, 15) is 21.6 Å². The van der Waals surface area contributed by atoms with E-state index in [-0.39, 0.29) is 23.9 Å². The van der Waals surface area contributed by atoms with E-state index in [1.165, 1.54) is 10.4 Å². The number of nitrogens with zero attached hydrogens (tertiary/aromatic N) is 3. The van der Waals surface area contributed by atoms with Crippen molar-refractivity contribution < 1.29 is 21.6 Å². The number of rotatable bonds is 3. The molecule has 6 nitrogen and oxygen atoms in total. The third-order valence-corrected chi connectivity index (χ3v) is 6.81. The number of nitrogens with one attached hydrogen (secondary N) is 1. The molecule has 4 rings (SSSR count). The van der Waals surface area contributed by atoms with Gasteiger partial charge in [-0.15, -0.1) is 0 Å². The summed E-state index contributed by atoms with van der Waals surface area (Å²) in [6, 6.07) is 7.53. The van der Waals surface area contributed by atoms with E-state index in [0.717, 1.165) is 23.5 Å². The molecule has 148 valence electrons. The molecule has 0 atom stereocenters. The van der Waals surface area contributed by atoms with Crippen molar-refractivity contribution in [3.8, 4) is 0 Å². The first-order chi connectivity index (χ1) is 13.2. The van der Waals surface area contributed by atoms with E-state index in [0.29, 0.717) is 24.6 Å². The van der Waals surface area contributed by atoms with Gasteiger partial charge < -0.3 is 4.98 Å². The molecule has 0 amide bonds. The highest BCUT2D eigenvalue weighted by molar-refractivity contribution is 7.89. The Morgan fingerprint density at radius 1 is 1.11 bits per heavy atom. The summed E-state index contributed by atoms with van der Waals surface area (Å²) in [4.78, 5) is 11.5. The molecule has 3 heterocycles. The Labute approximate surface area is 159 Å². The molecule has 1 saturated heterocycles. The fraction of sp³-hybridized carbons (Fsp3) is 0.333. The molecular weight excluding hydrogens is 393 g/mol. The minimum absolute atomic E-state index is 0.0437. The number of piperidine rings is 1. The van der Waals surface area contributed by atoms with Crippen molar-refractivity contribution in [2.24, 2.45) is 0 Å². The molecule has 3 aromatic rings. The third kappa shape index (κ3) is 3.49. The van der Waals surface area contributed by atoms with Gasteiger partial charge in [0, 0.05) is 25.2 Å². The lowest BCUT2D eigenvalue weighted by Crippen LogP contribution is -2.38. The predicted octanol–water partition coefficient (Wildman–Crippen LogP) is 3.55. The standard InChI is InChI=1S/C18H17F3N4O2S/c19-18(20,21)13-3-1-4-14(11-13)28(26,27)25-9-6-12(7-10-25)16-23-15-5-2-8-22-17(15)24-16/h1-5,8,11-12H,6-7,9-10H2,(H,22,23,24). The molecule has 0 bridgehead atoms. The van der Waals surface area contributed by atoms with Gasteiger partial charge in [0.25, 0.3) is 0 Å². The van der Waals surface area contributed by atoms with Crippen LogP contribution in [-0.4, -0.2) is 40.8 Å². The van der Waals surface area contributed by atoms with Crippen LogP contribution in [0.4, 0.5) is 13.2 Å². The molecule has 0 saturated carbocycles. The number of imidazole rings is 1. The molecule has 0 radical (unpaired) electrons. The summed E-state index contributed by atoms with van der Waals surface area (Å²) in [5, 5.41) is 0. The highest BCUT2D eigenvalue weighted by Crippen LogP contribution is 2.33. The van der Waals surface area contributed by atoms with E-state index in [2.05, 4.69) is 15.0 Å². The van der Waals surface area contributed by atoms with Gasteiger partial charge in [0.2, 0.25) is 10.0 Å². The van der Waals surface area contributed by atoms with E-state index in [1.54, 1.807) is 12.3 Å². The molecule has 1 aliphatic rings. The van der Waals surface area contributed by atoms with Crippen LogP contribution in [0.1, 0.15) is 30.1 Å². The molecule has 1 aromatic carbocycles. The van der Waals surface area contributed by atoms with Gasteiger partial charge in [0.15, 0.2) is 5.65 Å². The van der Waals surface area contributed by atoms with Crippen molar-refractivity contribution in [1.29, 1.82) is 0 Å². The predicted molar refractivity (Wildman–Crippen MR) is 96.1 cm³/mol. The second-order valence-corrected chi connectivity index (χ2v) is 8.64. The highest BCUT2D eigenvalue weighted by atomic mass is 32.2. The number of fused-ring (bicyclic) bond motifs is 1. The van der Waals surface area contributed by atoms with E-state index in [1.807, 2.05) is 6.07 Å². The number of sulfonamides is 1. The number of aromatic nitrogens is 3. The van der Waals surface area contributed by atoms with Crippen LogP contribution < -0.4 is 0 Å². The summed E-state index contributed by atoms with van der Waals surface area (Å²) in [7, 11) is -3.98. The van der Waals surface area contributed by atoms with Crippen LogP contribution >= 0.6 is 0 Å². The number of H-pyrrole nitrogens is 1. The average molecular weight is 410 g/mol. The van der Waals surface area contributed by atoms with Crippen LogP contribution in [0.5, 0.6) is 0 Å². The minimum Gasteiger partial charge on any atom is -0.340 e. The van der Waals surface area contributed by atoms with Gasteiger partial charge in [-0.2, -0.15) is 17.5 Å². The SMILES string of the molecule is O=S(=O)(c1cccc(C(F)(F)F)c1)N1CCC(c2nc3ncccc3[nH]2)CC1. The lowest BCUT2D eigenvalue weighted by atomic mass is 9.97. The smallest absolute Gasteiger partial charge is 0.340 e. The van der Waals surface area contributed by atoms with Gasteiger partial charge in [0.05, 0.1) is 16.0 Å². The third-order valence-electron chi connectivity index (χ3n) is 4.92. The highest BCUT2D eigenvalue weighted by Gasteiger charge is 2.34. The molecular formula is C18H17F3N4O2S. The van der Waals surface area contributed by atoms with Gasteiger partial charge in [-0.1, -0.05) is 6.07 Å². The normalized spacial score (nSPS) is 17.2. The fourth-order valence-corrected chi connectivity index (χ4v) is 4.92. The van der Waals surface area contributed by atoms with Gasteiger partial charge in [-0.25, -0.2) is 18.4 Å². The van der Waals surface area contributed by atoms with Gasteiger partial charge in [0.1, 0.15) is 5.82 Å². The first-order valence-electron chi connectivity index (χ1n) is 8.73. The molecule has 28 heavy (non-hydrogen) atoms. The summed E-state index contributed by atoms with van der Waals surface area (Å²) >= 11 is 0.